The molecular formula is C23H34O2. The van der Waals surface area contributed by atoms with Gasteiger partial charge in [0.15, 0.2) is 5.78 Å². The van der Waals surface area contributed by atoms with Crippen LogP contribution in [-0.2, 0) is 9.59 Å². The number of allylic oxidation sites excluding steroid dienone is 1. The third kappa shape index (κ3) is 2.03. The average Bonchev–Trinajstić information content (AvgIpc) is 2.77. The molecule has 0 unspecified atom stereocenters. The largest absolute Gasteiger partial charge is 0.299 e. The Morgan fingerprint density at radius 2 is 1.80 bits per heavy atom. The molecular weight excluding hydrogens is 308 g/mol. The van der Waals surface area contributed by atoms with Gasteiger partial charge in [0.05, 0.1) is 0 Å². The number of hydrogen-bond donors (Lipinski definition) is 0. The number of Topliss-reactive ketones (excluding diaryl/α,β-unsaturated/α-hetero) is 1. The molecule has 0 amide bonds. The lowest BCUT2D eigenvalue weighted by Gasteiger charge is -2.59. The molecule has 4 aliphatic carbocycles. The van der Waals surface area contributed by atoms with E-state index in [0.717, 1.165) is 25.2 Å². The molecule has 0 aromatic rings. The van der Waals surface area contributed by atoms with E-state index in [1.165, 1.54) is 31.3 Å². The minimum atomic E-state index is -0.164. The van der Waals surface area contributed by atoms with Gasteiger partial charge in [0.2, 0.25) is 0 Å². The summed E-state index contributed by atoms with van der Waals surface area (Å²) >= 11 is 0. The van der Waals surface area contributed by atoms with Gasteiger partial charge < -0.3 is 0 Å². The molecule has 7 atom stereocenters. The first-order chi connectivity index (χ1) is 11.6. The summed E-state index contributed by atoms with van der Waals surface area (Å²) in [4.78, 5) is 24.6. The highest BCUT2D eigenvalue weighted by atomic mass is 16.1. The zero-order valence-electron chi connectivity index (χ0n) is 16.7. The fourth-order valence-corrected chi connectivity index (χ4v) is 7.89. The van der Waals surface area contributed by atoms with Gasteiger partial charge in [0.1, 0.15) is 5.78 Å². The van der Waals surface area contributed by atoms with Gasteiger partial charge >= 0.3 is 0 Å². The summed E-state index contributed by atoms with van der Waals surface area (Å²) in [7, 11) is 0. The second-order valence-corrected chi connectivity index (χ2v) is 10.3. The highest BCUT2D eigenvalue weighted by molar-refractivity contribution is 5.91. The van der Waals surface area contributed by atoms with Gasteiger partial charge in [-0.3, -0.25) is 9.59 Å². The summed E-state index contributed by atoms with van der Waals surface area (Å²) in [5, 5.41) is 0. The SMILES string of the molecule is CC(=O)[C@@]1(C)[C@H](C)C[C@@H]2[C@@H]3CCC4=CC(=O)CC[C@]4(C)[C@@H]3CC[C@@]21C. The Hall–Kier alpha value is -0.920. The standard InChI is InChI=1S/C23H34O2/c1-14-12-20-18-7-6-16-13-17(25)8-10-21(16,3)19(18)9-11-22(20,4)23(14,5)15(2)24/h13-14,18-20H,6-12H2,1-5H3/t14-,18-,19-,20-,21+,22+,23-/m1/s1. The number of fused-ring (bicyclic) bond motifs is 5. The maximum atomic E-state index is 12.7. The zero-order chi connectivity index (χ0) is 18.2. The summed E-state index contributed by atoms with van der Waals surface area (Å²) < 4.78 is 0. The number of rotatable bonds is 1. The van der Waals surface area contributed by atoms with Crippen molar-refractivity contribution in [2.45, 2.75) is 79.6 Å². The van der Waals surface area contributed by atoms with E-state index in [1.54, 1.807) is 0 Å². The van der Waals surface area contributed by atoms with Crippen LogP contribution in [0.2, 0.25) is 0 Å². The Bertz CT molecular complexity index is 661. The van der Waals surface area contributed by atoms with Crippen molar-refractivity contribution in [3.8, 4) is 0 Å². The first-order valence-corrected chi connectivity index (χ1v) is 10.4. The van der Waals surface area contributed by atoms with Gasteiger partial charge in [0.25, 0.3) is 0 Å². The van der Waals surface area contributed by atoms with Crippen LogP contribution in [0, 0.1) is 39.9 Å². The Morgan fingerprint density at radius 3 is 2.48 bits per heavy atom. The van der Waals surface area contributed by atoms with Crippen molar-refractivity contribution >= 4 is 11.6 Å². The Balaban J connectivity index is 1.72. The maximum absolute atomic E-state index is 12.7. The number of carbonyl (C=O) groups is 2. The number of carbonyl (C=O) groups excluding carboxylic acids is 2. The monoisotopic (exact) mass is 342 g/mol. The molecule has 0 N–H and O–H groups in total. The molecule has 0 bridgehead atoms. The average molecular weight is 343 g/mol. The van der Waals surface area contributed by atoms with E-state index in [2.05, 4.69) is 27.7 Å². The molecule has 138 valence electrons. The fourth-order valence-electron chi connectivity index (χ4n) is 7.89. The molecule has 2 nitrogen and oxygen atoms in total. The van der Waals surface area contributed by atoms with Crippen molar-refractivity contribution < 1.29 is 9.59 Å². The van der Waals surface area contributed by atoms with Gasteiger partial charge in [-0.15, -0.1) is 0 Å². The van der Waals surface area contributed by atoms with E-state index in [4.69, 9.17) is 0 Å². The molecule has 3 fully saturated rings. The van der Waals surface area contributed by atoms with Crippen LogP contribution in [0.4, 0.5) is 0 Å². The zero-order valence-corrected chi connectivity index (χ0v) is 16.7. The van der Waals surface area contributed by atoms with Crippen LogP contribution < -0.4 is 0 Å². The lowest BCUT2D eigenvalue weighted by molar-refractivity contribution is -0.141. The lowest BCUT2D eigenvalue weighted by Crippen LogP contribution is -2.53. The fraction of sp³-hybridized carbons (Fsp3) is 0.826. The summed E-state index contributed by atoms with van der Waals surface area (Å²) in [5.41, 5.74) is 1.66. The van der Waals surface area contributed by atoms with E-state index in [9.17, 15) is 9.59 Å². The van der Waals surface area contributed by atoms with Crippen LogP contribution in [-0.4, -0.2) is 11.6 Å². The van der Waals surface area contributed by atoms with Crippen LogP contribution in [0.5, 0.6) is 0 Å². The predicted octanol–water partition coefficient (Wildman–Crippen LogP) is 5.36. The van der Waals surface area contributed by atoms with E-state index in [1.807, 2.05) is 13.0 Å². The molecule has 2 heteroatoms. The Labute approximate surface area is 152 Å². The summed E-state index contributed by atoms with van der Waals surface area (Å²) in [5.74, 6) is 3.33. The van der Waals surface area contributed by atoms with Gasteiger partial charge in [-0.05, 0) is 86.0 Å². The predicted molar refractivity (Wildman–Crippen MR) is 100 cm³/mol. The minimum Gasteiger partial charge on any atom is -0.299 e. The van der Waals surface area contributed by atoms with Crippen molar-refractivity contribution in [2.75, 3.05) is 0 Å². The minimum absolute atomic E-state index is 0.154. The van der Waals surface area contributed by atoms with Crippen molar-refractivity contribution in [1.82, 2.24) is 0 Å². The van der Waals surface area contributed by atoms with E-state index in [-0.39, 0.29) is 16.2 Å². The number of ketones is 2. The molecule has 0 spiro atoms. The smallest absolute Gasteiger partial charge is 0.155 e. The summed E-state index contributed by atoms with van der Waals surface area (Å²) in [6.07, 6.45) is 9.70. The molecule has 4 rings (SSSR count). The second-order valence-electron chi connectivity index (χ2n) is 10.3. The molecule has 0 aliphatic heterocycles. The molecule has 25 heavy (non-hydrogen) atoms. The molecule has 0 heterocycles. The first kappa shape index (κ1) is 17.5. The van der Waals surface area contributed by atoms with Gasteiger partial charge in [-0.2, -0.15) is 0 Å². The quantitative estimate of drug-likeness (QED) is 0.643. The third-order valence-corrected chi connectivity index (χ3v) is 9.86. The van der Waals surface area contributed by atoms with Crippen molar-refractivity contribution in [3.05, 3.63) is 11.6 Å². The van der Waals surface area contributed by atoms with Gasteiger partial charge in [-0.1, -0.05) is 33.3 Å². The Morgan fingerprint density at radius 1 is 1.08 bits per heavy atom. The van der Waals surface area contributed by atoms with Crippen molar-refractivity contribution in [3.63, 3.8) is 0 Å². The summed E-state index contributed by atoms with van der Waals surface area (Å²) in [6.45, 7) is 11.3. The molecule has 3 saturated carbocycles. The third-order valence-electron chi connectivity index (χ3n) is 9.86. The number of hydrogen-bond acceptors (Lipinski definition) is 2. The highest BCUT2D eigenvalue weighted by Crippen LogP contribution is 2.71. The maximum Gasteiger partial charge on any atom is 0.155 e. The first-order valence-electron chi connectivity index (χ1n) is 10.4. The Kier molecular flexibility index (Phi) is 3.71. The molecule has 0 radical (unpaired) electrons. The molecule has 0 aromatic carbocycles. The van der Waals surface area contributed by atoms with Crippen molar-refractivity contribution in [1.29, 1.82) is 0 Å². The van der Waals surface area contributed by atoms with E-state index >= 15 is 0 Å². The topological polar surface area (TPSA) is 34.1 Å². The van der Waals surface area contributed by atoms with Gasteiger partial charge in [0, 0.05) is 11.8 Å². The summed E-state index contributed by atoms with van der Waals surface area (Å²) in [6, 6.07) is 0. The van der Waals surface area contributed by atoms with Crippen molar-refractivity contribution in [2.24, 2.45) is 39.9 Å². The lowest BCUT2D eigenvalue weighted by atomic mass is 9.45. The van der Waals surface area contributed by atoms with Crippen LogP contribution in [0.3, 0.4) is 0 Å². The van der Waals surface area contributed by atoms with Crippen LogP contribution in [0.25, 0.3) is 0 Å². The van der Waals surface area contributed by atoms with Crippen LogP contribution in [0.1, 0.15) is 79.6 Å². The second kappa shape index (κ2) is 5.30. The van der Waals surface area contributed by atoms with Crippen LogP contribution in [0.15, 0.2) is 11.6 Å². The highest BCUT2D eigenvalue weighted by Gasteiger charge is 2.66. The molecule has 0 saturated heterocycles. The van der Waals surface area contributed by atoms with Gasteiger partial charge in [-0.25, -0.2) is 0 Å². The molecule has 0 aromatic heterocycles. The van der Waals surface area contributed by atoms with E-state index < -0.39 is 0 Å². The van der Waals surface area contributed by atoms with Crippen LogP contribution >= 0.6 is 0 Å². The molecule has 4 aliphatic rings. The normalized spacial score (nSPS) is 52.0. The van der Waals surface area contributed by atoms with E-state index in [0.29, 0.717) is 29.3 Å².